The van der Waals surface area contributed by atoms with Crippen LogP contribution in [0.4, 0.5) is 10.2 Å². The third-order valence-electron chi connectivity index (χ3n) is 7.55. The van der Waals surface area contributed by atoms with Crippen molar-refractivity contribution < 1.29 is 18.4 Å². The van der Waals surface area contributed by atoms with Crippen LogP contribution in [0.5, 0.6) is 5.75 Å². The van der Waals surface area contributed by atoms with E-state index in [2.05, 4.69) is 19.4 Å². The number of ether oxygens (including phenoxy) is 2. The first-order valence-electron chi connectivity index (χ1n) is 12.3. The molecule has 0 unspecified atom stereocenters. The minimum Gasteiger partial charge on any atom is -0.616 e. The van der Waals surface area contributed by atoms with Crippen LogP contribution in [-0.2, 0) is 15.9 Å². The molecule has 3 aromatic rings. The predicted molar refractivity (Wildman–Crippen MR) is 133 cm³/mol. The maximum atomic E-state index is 15.6. The van der Waals surface area contributed by atoms with Crippen molar-refractivity contribution >= 4 is 28.0 Å². The van der Waals surface area contributed by atoms with Crippen molar-refractivity contribution in [1.29, 1.82) is 0 Å². The van der Waals surface area contributed by atoms with Crippen LogP contribution in [0.1, 0.15) is 31.7 Å². The minimum atomic E-state index is -0.677. The molecule has 2 N–H and O–H groups in total. The quantitative estimate of drug-likeness (QED) is 0.520. The zero-order valence-electron chi connectivity index (χ0n) is 19.6. The summed E-state index contributed by atoms with van der Waals surface area (Å²) in [5, 5.41) is 0.666. The van der Waals surface area contributed by atoms with E-state index in [1.807, 2.05) is 6.20 Å². The molecule has 2 aliphatic heterocycles. The van der Waals surface area contributed by atoms with Gasteiger partial charge in [0.2, 0.25) is 0 Å². The van der Waals surface area contributed by atoms with Crippen LogP contribution in [0.2, 0.25) is 0 Å². The second-order valence-corrected chi connectivity index (χ2v) is 11.3. The Hall–Kier alpha value is -2.40. The lowest BCUT2D eigenvalue weighted by Gasteiger charge is -2.44. The molecule has 10 heteroatoms. The van der Waals surface area contributed by atoms with Gasteiger partial charge in [-0.3, -0.25) is 4.90 Å². The van der Waals surface area contributed by atoms with Crippen LogP contribution in [0.3, 0.4) is 0 Å². The van der Waals surface area contributed by atoms with Gasteiger partial charge >= 0.3 is 0 Å². The molecule has 1 aromatic carbocycles. The topological polar surface area (TPSA) is 101 Å². The van der Waals surface area contributed by atoms with E-state index in [0.717, 1.165) is 62.5 Å². The molecule has 0 amide bonds. The summed E-state index contributed by atoms with van der Waals surface area (Å²) in [5.41, 5.74) is 8.11. The number of hydrogen-bond donors (Lipinski definition) is 1. The Labute approximate surface area is 206 Å². The molecule has 3 aliphatic rings. The van der Waals surface area contributed by atoms with Crippen molar-refractivity contribution in [2.45, 2.75) is 43.9 Å². The molecular formula is C25H30FN5O3S. The fourth-order valence-corrected chi connectivity index (χ4v) is 6.56. The summed E-state index contributed by atoms with van der Waals surface area (Å²) >= 11 is -0.677. The number of fused-ring (bicyclic) bond motifs is 1. The highest BCUT2D eigenvalue weighted by atomic mass is 32.2. The molecule has 0 radical (unpaired) electrons. The molecule has 3 fully saturated rings. The summed E-state index contributed by atoms with van der Waals surface area (Å²) in [6.45, 7) is 2.84. The van der Waals surface area contributed by atoms with Crippen molar-refractivity contribution in [2.24, 2.45) is 0 Å². The van der Waals surface area contributed by atoms with Gasteiger partial charge < -0.3 is 24.3 Å². The van der Waals surface area contributed by atoms with E-state index >= 15 is 4.39 Å². The van der Waals surface area contributed by atoms with Crippen molar-refractivity contribution in [3.8, 4) is 16.9 Å². The summed E-state index contributed by atoms with van der Waals surface area (Å²) in [6.07, 6.45) is 7.33. The molecule has 2 aromatic heterocycles. The standard InChI is InChI=1S/C25H30FN5O3S/c26-23-19(4-1-5-21(23)34-14-18-3-2-8-33-18)20-13-31(25-22(20)24(27)28-15-29-25)17-11-16(12-17)30-6-9-35(32)10-7-30/h1,4-5,13,15-18H,2-3,6-12,14H2,(H2,27,28,29)/t16-,17+,18-/m0/s1. The van der Waals surface area contributed by atoms with Crippen LogP contribution < -0.4 is 10.5 Å². The van der Waals surface area contributed by atoms with E-state index in [0.29, 0.717) is 35.0 Å². The third-order valence-corrected chi connectivity index (χ3v) is 8.83. The second-order valence-electron chi connectivity index (χ2n) is 9.63. The van der Waals surface area contributed by atoms with Crippen LogP contribution in [0.15, 0.2) is 30.7 Å². The van der Waals surface area contributed by atoms with Crippen LogP contribution in [0.25, 0.3) is 22.2 Å². The summed E-state index contributed by atoms with van der Waals surface area (Å²) in [5.74, 6) is 1.64. The lowest BCUT2D eigenvalue weighted by atomic mass is 9.85. The third kappa shape index (κ3) is 4.37. The first-order valence-corrected chi connectivity index (χ1v) is 13.8. The first-order chi connectivity index (χ1) is 17.1. The fourth-order valence-electron chi connectivity index (χ4n) is 5.48. The van der Waals surface area contributed by atoms with Crippen molar-refractivity contribution in [1.82, 2.24) is 19.4 Å². The minimum absolute atomic E-state index is 0.00970. The van der Waals surface area contributed by atoms with Gasteiger partial charge in [-0.15, -0.1) is 0 Å². The van der Waals surface area contributed by atoms with Crippen LogP contribution in [0, 0.1) is 5.82 Å². The lowest BCUT2D eigenvalue weighted by molar-refractivity contribution is 0.0666. The molecule has 186 valence electrons. The lowest BCUT2D eigenvalue weighted by Crippen LogP contribution is -2.51. The smallest absolute Gasteiger partial charge is 0.172 e. The molecule has 0 spiro atoms. The van der Waals surface area contributed by atoms with Gasteiger partial charge in [0.15, 0.2) is 11.6 Å². The predicted octanol–water partition coefficient (Wildman–Crippen LogP) is 3.15. The Morgan fingerprint density at radius 1 is 1.17 bits per heavy atom. The highest BCUT2D eigenvalue weighted by Crippen LogP contribution is 2.43. The number of benzene rings is 1. The molecule has 8 nitrogen and oxygen atoms in total. The van der Waals surface area contributed by atoms with Crippen molar-refractivity contribution in [3.05, 3.63) is 36.5 Å². The maximum absolute atomic E-state index is 15.6. The van der Waals surface area contributed by atoms with Gasteiger partial charge in [-0.05, 0) is 31.7 Å². The molecular weight excluding hydrogens is 469 g/mol. The summed E-state index contributed by atoms with van der Waals surface area (Å²) in [7, 11) is 0. The fraction of sp³-hybridized carbons (Fsp3) is 0.520. The molecule has 2 saturated heterocycles. The van der Waals surface area contributed by atoms with Gasteiger partial charge in [0.25, 0.3) is 0 Å². The number of nitrogen functional groups attached to an aromatic ring is 1. The van der Waals surface area contributed by atoms with Gasteiger partial charge in [-0.1, -0.05) is 23.3 Å². The van der Waals surface area contributed by atoms with Crippen LogP contribution in [-0.4, -0.2) is 73.9 Å². The van der Waals surface area contributed by atoms with Gasteiger partial charge in [-0.25, -0.2) is 14.4 Å². The van der Waals surface area contributed by atoms with E-state index in [4.69, 9.17) is 15.2 Å². The Balaban J connectivity index is 1.28. The number of halogens is 1. The van der Waals surface area contributed by atoms with E-state index in [1.54, 1.807) is 18.2 Å². The molecule has 4 heterocycles. The number of anilines is 1. The van der Waals surface area contributed by atoms with Gasteiger partial charge in [0.1, 0.15) is 35.9 Å². The molecule has 35 heavy (non-hydrogen) atoms. The zero-order valence-corrected chi connectivity index (χ0v) is 20.4. The Bertz CT molecular complexity index is 1200. The van der Waals surface area contributed by atoms with Crippen molar-refractivity contribution in [3.63, 3.8) is 0 Å². The zero-order chi connectivity index (χ0) is 23.9. The largest absolute Gasteiger partial charge is 0.616 e. The number of rotatable bonds is 6. The number of aromatic nitrogens is 3. The maximum Gasteiger partial charge on any atom is 0.172 e. The van der Waals surface area contributed by atoms with Crippen LogP contribution >= 0.6 is 0 Å². The second kappa shape index (κ2) is 9.57. The normalized spacial score (nSPS) is 25.7. The first kappa shape index (κ1) is 23.0. The number of hydrogen-bond acceptors (Lipinski definition) is 7. The number of nitrogens with two attached hydrogens (primary N) is 1. The Kier molecular flexibility index (Phi) is 6.30. The Morgan fingerprint density at radius 2 is 2.00 bits per heavy atom. The molecule has 0 bridgehead atoms. The Morgan fingerprint density at radius 3 is 2.77 bits per heavy atom. The van der Waals surface area contributed by atoms with Crippen molar-refractivity contribution in [2.75, 3.05) is 43.5 Å². The molecule has 6 rings (SSSR count). The SMILES string of the molecule is Nc1ncnc2c1c(-c1cccc(OC[C@@H]3CCCO3)c1F)cn2[C@H]1C[C@@H](N2CC[S+]([O-])CC2)C1. The highest BCUT2D eigenvalue weighted by Gasteiger charge is 2.38. The molecule has 1 saturated carbocycles. The van der Waals surface area contributed by atoms with E-state index < -0.39 is 17.0 Å². The van der Waals surface area contributed by atoms with Gasteiger partial charge in [0, 0.05) is 49.1 Å². The number of nitrogens with zero attached hydrogens (tertiary/aromatic N) is 4. The summed E-state index contributed by atoms with van der Waals surface area (Å²) in [6, 6.07) is 5.92. The highest BCUT2D eigenvalue weighted by molar-refractivity contribution is 7.91. The molecule has 1 aliphatic carbocycles. The average molecular weight is 500 g/mol. The summed E-state index contributed by atoms with van der Waals surface area (Å²) in [4.78, 5) is 11.2. The van der Waals surface area contributed by atoms with E-state index in [-0.39, 0.29) is 17.9 Å². The molecule has 1 atom stereocenters. The summed E-state index contributed by atoms with van der Waals surface area (Å²) < 4.78 is 40.9. The van der Waals surface area contributed by atoms with Gasteiger partial charge in [0.05, 0.1) is 11.5 Å². The van der Waals surface area contributed by atoms with E-state index in [9.17, 15) is 4.55 Å². The van der Waals surface area contributed by atoms with E-state index in [1.165, 1.54) is 6.33 Å². The average Bonchev–Trinajstić information content (AvgIpc) is 3.48. The van der Waals surface area contributed by atoms with Gasteiger partial charge in [-0.2, -0.15) is 0 Å². The monoisotopic (exact) mass is 499 g/mol.